The molecule has 0 radical (unpaired) electrons. The van der Waals surface area contributed by atoms with E-state index in [4.69, 9.17) is 0 Å². The van der Waals surface area contributed by atoms with E-state index in [0.717, 1.165) is 0 Å². The maximum Gasteiger partial charge on any atom is 0.239 e. The van der Waals surface area contributed by atoms with E-state index in [1.807, 2.05) is 13.8 Å². The van der Waals surface area contributed by atoms with Crippen molar-refractivity contribution in [3.8, 4) is 0 Å². The lowest BCUT2D eigenvalue weighted by molar-refractivity contribution is -0.119. The first-order chi connectivity index (χ1) is 9.32. The number of para-hydroxylation sites is 1. The van der Waals surface area contributed by atoms with Gasteiger partial charge in [-0.15, -0.1) is 0 Å². The van der Waals surface area contributed by atoms with Gasteiger partial charge in [-0.25, -0.2) is 4.39 Å². The summed E-state index contributed by atoms with van der Waals surface area (Å²) in [5, 5.41) is 12.5. The highest BCUT2D eigenvalue weighted by Gasteiger charge is 2.18. The zero-order valence-electron chi connectivity index (χ0n) is 12.5. The number of carbonyl (C=O) groups excluding carboxylic acids is 1. The van der Waals surface area contributed by atoms with Crippen LogP contribution in [-0.4, -0.2) is 31.2 Å². The number of nitrogens with zero attached hydrogens (tertiary/aromatic N) is 1. The van der Waals surface area contributed by atoms with Gasteiger partial charge in [-0.2, -0.15) is 0 Å². The number of hydrogen-bond acceptors (Lipinski definition) is 3. The fraction of sp³-hybridized carbons (Fsp3) is 0.533. The van der Waals surface area contributed by atoms with Gasteiger partial charge in [0, 0.05) is 19.2 Å². The van der Waals surface area contributed by atoms with Gasteiger partial charge in [0.05, 0.1) is 18.3 Å². The molecular formula is C15H23FN2O2. The number of amides is 1. The summed E-state index contributed by atoms with van der Waals surface area (Å²) in [5.41, 5.74) is 0.742. The lowest BCUT2D eigenvalue weighted by Gasteiger charge is -2.24. The zero-order chi connectivity index (χ0) is 15.3. The normalized spacial score (nSPS) is 12.3. The van der Waals surface area contributed by atoms with Gasteiger partial charge >= 0.3 is 0 Å². The maximum atomic E-state index is 13.9. The van der Waals surface area contributed by atoms with Crippen LogP contribution in [-0.2, 0) is 4.79 Å². The van der Waals surface area contributed by atoms with Gasteiger partial charge < -0.3 is 15.3 Å². The van der Waals surface area contributed by atoms with Gasteiger partial charge in [0.2, 0.25) is 5.91 Å². The Morgan fingerprint density at radius 2 is 2.05 bits per heavy atom. The average Bonchev–Trinajstić information content (AvgIpc) is 2.35. The van der Waals surface area contributed by atoms with E-state index in [1.165, 1.54) is 11.0 Å². The van der Waals surface area contributed by atoms with Crippen molar-refractivity contribution in [2.45, 2.75) is 26.9 Å². The molecule has 20 heavy (non-hydrogen) atoms. The Morgan fingerprint density at radius 3 is 2.60 bits per heavy atom. The molecule has 0 bridgehead atoms. The Bertz CT molecular complexity index is 461. The van der Waals surface area contributed by atoms with Crippen molar-refractivity contribution in [2.24, 2.45) is 5.92 Å². The molecule has 0 aliphatic carbocycles. The molecule has 0 aliphatic heterocycles. The first-order valence-electron chi connectivity index (χ1n) is 6.77. The summed E-state index contributed by atoms with van der Waals surface area (Å²) in [6, 6.07) is 4.53. The third kappa shape index (κ3) is 4.49. The van der Waals surface area contributed by atoms with Crippen molar-refractivity contribution < 1.29 is 14.3 Å². The summed E-state index contributed by atoms with van der Waals surface area (Å²) in [6.07, 6.45) is -0.790. The second-order valence-corrected chi connectivity index (χ2v) is 5.41. The molecule has 1 rings (SSSR count). The molecule has 0 spiro atoms. The van der Waals surface area contributed by atoms with Crippen LogP contribution in [0.4, 0.5) is 10.1 Å². The number of benzene rings is 1. The van der Waals surface area contributed by atoms with E-state index < -0.39 is 11.9 Å². The number of hydrogen-bond donors (Lipinski definition) is 2. The molecule has 112 valence electrons. The van der Waals surface area contributed by atoms with Crippen LogP contribution in [0.1, 0.15) is 32.4 Å². The van der Waals surface area contributed by atoms with Crippen molar-refractivity contribution in [2.75, 3.05) is 25.0 Å². The van der Waals surface area contributed by atoms with Gasteiger partial charge in [0.1, 0.15) is 5.82 Å². The van der Waals surface area contributed by atoms with Crippen LogP contribution < -0.4 is 10.2 Å². The molecule has 1 amide bonds. The lowest BCUT2D eigenvalue weighted by atomic mass is 10.1. The monoisotopic (exact) mass is 282 g/mol. The van der Waals surface area contributed by atoms with E-state index in [9.17, 15) is 14.3 Å². The zero-order valence-corrected chi connectivity index (χ0v) is 12.5. The van der Waals surface area contributed by atoms with Crippen LogP contribution in [0.2, 0.25) is 0 Å². The number of halogens is 1. The molecule has 1 atom stereocenters. The third-order valence-electron chi connectivity index (χ3n) is 2.94. The van der Waals surface area contributed by atoms with E-state index in [0.29, 0.717) is 18.0 Å². The number of aliphatic hydroxyl groups is 1. The lowest BCUT2D eigenvalue weighted by Crippen LogP contribution is -2.37. The number of rotatable bonds is 6. The van der Waals surface area contributed by atoms with E-state index in [2.05, 4.69) is 5.32 Å². The summed E-state index contributed by atoms with van der Waals surface area (Å²) >= 11 is 0. The molecule has 4 nitrogen and oxygen atoms in total. The predicted molar refractivity (Wildman–Crippen MR) is 78.2 cm³/mol. The quantitative estimate of drug-likeness (QED) is 0.840. The highest BCUT2D eigenvalue weighted by molar-refractivity contribution is 5.81. The number of carbonyl (C=O) groups is 1. The Balaban J connectivity index is 2.82. The first kappa shape index (κ1) is 16.4. The number of likely N-dealkylation sites (N-methyl/N-ethyl adjacent to an activating group) is 1. The minimum atomic E-state index is -0.790. The second kappa shape index (κ2) is 7.24. The predicted octanol–water partition coefficient (Wildman–Crippen LogP) is 2.09. The van der Waals surface area contributed by atoms with E-state index >= 15 is 0 Å². The molecule has 0 saturated heterocycles. The Hall–Kier alpha value is -1.62. The molecule has 0 fully saturated rings. The SMILES string of the molecule is CC(C)CNC(=O)CN(C)c1c(F)cccc1C(C)O. The Labute approximate surface area is 119 Å². The molecule has 1 unspecified atom stereocenters. The largest absolute Gasteiger partial charge is 0.389 e. The van der Waals surface area contributed by atoms with Gasteiger partial charge in [-0.05, 0) is 18.9 Å². The fourth-order valence-corrected chi connectivity index (χ4v) is 1.94. The van der Waals surface area contributed by atoms with Gasteiger partial charge in [0.15, 0.2) is 0 Å². The third-order valence-corrected chi connectivity index (χ3v) is 2.94. The average molecular weight is 282 g/mol. The second-order valence-electron chi connectivity index (χ2n) is 5.41. The molecular weight excluding hydrogens is 259 g/mol. The van der Waals surface area contributed by atoms with Gasteiger partial charge in [0.25, 0.3) is 0 Å². The highest BCUT2D eigenvalue weighted by Crippen LogP contribution is 2.28. The van der Waals surface area contributed by atoms with Crippen LogP contribution in [0.5, 0.6) is 0 Å². The van der Waals surface area contributed by atoms with Crippen molar-refractivity contribution in [3.05, 3.63) is 29.6 Å². The molecule has 0 saturated carbocycles. The number of anilines is 1. The maximum absolute atomic E-state index is 13.9. The van der Waals surface area contributed by atoms with Crippen LogP contribution in [0.15, 0.2) is 18.2 Å². The number of nitrogens with one attached hydrogen (secondary N) is 1. The topological polar surface area (TPSA) is 52.6 Å². The molecule has 1 aromatic carbocycles. The van der Waals surface area contributed by atoms with Crippen LogP contribution in [0, 0.1) is 11.7 Å². The standard InChI is InChI=1S/C15H23FN2O2/c1-10(2)8-17-14(20)9-18(4)15-12(11(3)19)6-5-7-13(15)16/h5-7,10-11,19H,8-9H2,1-4H3,(H,17,20). The Kier molecular flexibility index (Phi) is 5.95. The molecule has 5 heteroatoms. The molecule has 2 N–H and O–H groups in total. The molecule has 0 aliphatic rings. The van der Waals surface area contributed by atoms with Crippen molar-refractivity contribution in [1.82, 2.24) is 5.32 Å². The van der Waals surface area contributed by atoms with Crippen molar-refractivity contribution >= 4 is 11.6 Å². The summed E-state index contributed by atoms with van der Waals surface area (Å²) in [6.45, 7) is 6.23. The molecule has 1 aromatic rings. The molecule has 0 heterocycles. The minimum Gasteiger partial charge on any atom is -0.389 e. The van der Waals surface area contributed by atoms with Crippen molar-refractivity contribution in [1.29, 1.82) is 0 Å². The van der Waals surface area contributed by atoms with Crippen LogP contribution in [0.25, 0.3) is 0 Å². The first-order valence-corrected chi connectivity index (χ1v) is 6.77. The smallest absolute Gasteiger partial charge is 0.239 e. The number of aliphatic hydroxyl groups excluding tert-OH is 1. The van der Waals surface area contributed by atoms with Crippen LogP contribution >= 0.6 is 0 Å². The summed E-state index contributed by atoms with van der Waals surface area (Å²) in [7, 11) is 1.64. The van der Waals surface area contributed by atoms with Crippen molar-refractivity contribution in [3.63, 3.8) is 0 Å². The molecule has 0 aromatic heterocycles. The summed E-state index contributed by atoms with van der Waals surface area (Å²) < 4.78 is 13.9. The minimum absolute atomic E-state index is 0.0490. The summed E-state index contributed by atoms with van der Waals surface area (Å²) in [5.74, 6) is -0.241. The van der Waals surface area contributed by atoms with Gasteiger partial charge in [-0.3, -0.25) is 4.79 Å². The van der Waals surface area contributed by atoms with E-state index in [1.54, 1.807) is 26.1 Å². The Morgan fingerprint density at radius 1 is 1.40 bits per heavy atom. The van der Waals surface area contributed by atoms with Gasteiger partial charge in [-0.1, -0.05) is 26.0 Å². The highest BCUT2D eigenvalue weighted by atomic mass is 19.1. The summed E-state index contributed by atoms with van der Waals surface area (Å²) in [4.78, 5) is 13.3. The van der Waals surface area contributed by atoms with Crippen LogP contribution in [0.3, 0.4) is 0 Å². The van der Waals surface area contributed by atoms with E-state index in [-0.39, 0.29) is 18.1 Å². The fourth-order valence-electron chi connectivity index (χ4n) is 1.94.